The molecule has 4 rings (SSSR count). The zero-order valence-corrected chi connectivity index (χ0v) is 17.5. The summed E-state index contributed by atoms with van der Waals surface area (Å²) >= 11 is 7.40. The number of anilines is 1. The van der Waals surface area contributed by atoms with Gasteiger partial charge in [-0.25, -0.2) is 4.98 Å². The van der Waals surface area contributed by atoms with Crippen molar-refractivity contribution in [3.8, 4) is 5.75 Å². The number of hydrogen-bond acceptors (Lipinski definition) is 5. The van der Waals surface area contributed by atoms with Crippen LogP contribution in [0, 0.1) is 0 Å². The summed E-state index contributed by atoms with van der Waals surface area (Å²) in [5.74, 6) is 0.881. The van der Waals surface area contributed by atoms with Gasteiger partial charge in [-0.2, -0.15) is 0 Å². The number of carbonyl (C=O) groups is 1. The molecule has 1 aromatic heterocycles. The van der Waals surface area contributed by atoms with Crippen LogP contribution >= 0.6 is 22.9 Å². The smallest absolute Gasteiger partial charge is 0.228 e. The Balaban J connectivity index is 1.25. The normalized spacial score (nSPS) is 14.1. The van der Waals surface area contributed by atoms with Crippen LogP contribution in [0.5, 0.6) is 5.75 Å². The van der Waals surface area contributed by atoms with Gasteiger partial charge in [-0.05, 0) is 36.4 Å². The Labute approximate surface area is 179 Å². The average molecular weight is 428 g/mol. The molecule has 0 spiro atoms. The lowest BCUT2D eigenvalue weighted by Gasteiger charge is -2.36. The molecule has 5 nitrogen and oxygen atoms in total. The van der Waals surface area contributed by atoms with Gasteiger partial charge in [-0.1, -0.05) is 29.8 Å². The third-order valence-corrected chi connectivity index (χ3v) is 5.98. The summed E-state index contributed by atoms with van der Waals surface area (Å²) in [4.78, 5) is 21.5. The molecular formula is C22H22ClN3O2S. The molecule has 0 radical (unpaired) electrons. The van der Waals surface area contributed by atoms with E-state index in [4.69, 9.17) is 16.3 Å². The number of thiazole rings is 1. The maximum Gasteiger partial charge on any atom is 0.228 e. The van der Waals surface area contributed by atoms with Crippen molar-refractivity contribution in [1.29, 1.82) is 0 Å². The molecule has 1 amide bonds. The molecule has 1 aliphatic heterocycles. The van der Waals surface area contributed by atoms with Gasteiger partial charge in [0.2, 0.25) is 5.91 Å². The summed E-state index contributed by atoms with van der Waals surface area (Å²) in [7, 11) is 0. The second-order valence-corrected chi connectivity index (χ2v) is 8.23. The van der Waals surface area contributed by atoms with Gasteiger partial charge in [0.15, 0.2) is 0 Å². The monoisotopic (exact) mass is 427 g/mol. The number of para-hydroxylation sites is 1. The van der Waals surface area contributed by atoms with Gasteiger partial charge in [0, 0.05) is 42.3 Å². The topological polar surface area (TPSA) is 45.7 Å². The van der Waals surface area contributed by atoms with Crippen molar-refractivity contribution < 1.29 is 9.53 Å². The van der Waals surface area contributed by atoms with E-state index in [2.05, 4.69) is 22.0 Å². The van der Waals surface area contributed by atoms with Crippen molar-refractivity contribution in [1.82, 2.24) is 9.88 Å². The minimum atomic E-state index is 0.133. The predicted octanol–water partition coefficient (Wildman–Crippen LogP) is 4.27. The maximum atomic E-state index is 12.7. The third-order valence-electron chi connectivity index (χ3n) is 4.86. The number of rotatable bonds is 6. The van der Waals surface area contributed by atoms with Crippen molar-refractivity contribution >= 4 is 34.5 Å². The van der Waals surface area contributed by atoms with Crippen molar-refractivity contribution in [3.05, 3.63) is 75.7 Å². The Morgan fingerprint density at radius 3 is 2.48 bits per heavy atom. The lowest BCUT2D eigenvalue weighted by Crippen LogP contribution is -2.49. The SMILES string of the molecule is O=C(Cc1csc(COc2ccc(Cl)cc2)n1)N1CCN(c2ccccc2)CC1. The number of halogens is 1. The van der Waals surface area contributed by atoms with Gasteiger partial charge in [0.05, 0.1) is 12.1 Å². The number of amides is 1. The van der Waals surface area contributed by atoms with Gasteiger partial charge in [0.25, 0.3) is 0 Å². The number of nitrogens with zero attached hydrogens (tertiary/aromatic N) is 3. The summed E-state index contributed by atoms with van der Waals surface area (Å²) in [5, 5.41) is 3.48. The van der Waals surface area contributed by atoms with Gasteiger partial charge < -0.3 is 14.5 Å². The van der Waals surface area contributed by atoms with Crippen LogP contribution in [0.2, 0.25) is 5.02 Å². The molecule has 1 saturated heterocycles. The van der Waals surface area contributed by atoms with E-state index in [9.17, 15) is 4.79 Å². The van der Waals surface area contributed by atoms with Gasteiger partial charge in [-0.15, -0.1) is 11.3 Å². The van der Waals surface area contributed by atoms with E-state index in [1.165, 1.54) is 17.0 Å². The van der Waals surface area contributed by atoms with Gasteiger partial charge in [-0.3, -0.25) is 4.79 Å². The maximum absolute atomic E-state index is 12.7. The highest BCUT2D eigenvalue weighted by atomic mass is 35.5. The Kier molecular flexibility index (Phi) is 6.32. The molecule has 3 aromatic rings. The van der Waals surface area contributed by atoms with E-state index in [1.807, 2.05) is 40.6 Å². The molecule has 0 bridgehead atoms. The quantitative estimate of drug-likeness (QED) is 0.589. The van der Waals surface area contributed by atoms with Crippen LogP contribution in [0.25, 0.3) is 0 Å². The van der Waals surface area contributed by atoms with E-state index < -0.39 is 0 Å². The fourth-order valence-corrected chi connectivity index (χ4v) is 4.12. The fourth-order valence-electron chi connectivity index (χ4n) is 3.29. The first-order valence-electron chi connectivity index (χ1n) is 9.57. The second-order valence-electron chi connectivity index (χ2n) is 6.86. The standard InChI is InChI=1S/C22H22ClN3O2S/c23-17-6-8-20(9-7-17)28-15-21-24-18(16-29-21)14-22(27)26-12-10-25(11-13-26)19-4-2-1-3-5-19/h1-9,16H,10-15H2. The van der Waals surface area contributed by atoms with Gasteiger partial charge in [0.1, 0.15) is 17.4 Å². The first kappa shape index (κ1) is 19.7. The number of hydrogen-bond donors (Lipinski definition) is 0. The summed E-state index contributed by atoms with van der Waals surface area (Å²) < 4.78 is 5.72. The molecule has 2 aromatic carbocycles. The summed E-state index contributed by atoms with van der Waals surface area (Å²) in [6, 6.07) is 17.6. The van der Waals surface area contributed by atoms with Crippen molar-refractivity contribution in [2.75, 3.05) is 31.1 Å². The number of aromatic nitrogens is 1. The molecule has 0 atom stereocenters. The number of piperazine rings is 1. The molecule has 1 fully saturated rings. The first-order valence-corrected chi connectivity index (χ1v) is 10.8. The van der Waals surface area contributed by atoms with Crippen LogP contribution in [0.15, 0.2) is 60.0 Å². The van der Waals surface area contributed by atoms with E-state index >= 15 is 0 Å². The predicted molar refractivity (Wildman–Crippen MR) is 117 cm³/mol. The van der Waals surface area contributed by atoms with Crippen LogP contribution in [0.3, 0.4) is 0 Å². The number of benzene rings is 2. The van der Waals surface area contributed by atoms with E-state index in [0.29, 0.717) is 18.1 Å². The summed E-state index contributed by atoms with van der Waals surface area (Å²) in [6.45, 7) is 3.57. The van der Waals surface area contributed by atoms with Crippen LogP contribution < -0.4 is 9.64 Å². The largest absolute Gasteiger partial charge is 0.486 e. The Bertz CT molecular complexity index is 938. The third kappa shape index (κ3) is 5.28. The number of ether oxygens (including phenoxy) is 1. The van der Waals surface area contributed by atoms with E-state index in [1.54, 1.807) is 12.1 Å². The number of carbonyl (C=O) groups excluding carboxylic acids is 1. The minimum absolute atomic E-state index is 0.133. The molecule has 0 unspecified atom stereocenters. The molecule has 7 heteroatoms. The van der Waals surface area contributed by atoms with Crippen molar-refractivity contribution in [3.63, 3.8) is 0 Å². The zero-order chi connectivity index (χ0) is 20.1. The highest BCUT2D eigenvalue weighted by Gasteiger charge is 2.22. The molecule has 0 N–H and O–H groups in total. The second kappa shape index (κ2) is 9.29. The van der Waals surface area contributed by atoms with Crippen molar-refractivity contribution in [2.45, 2.75) is 13.0 Å². The molecule has 0 saturated carbocycles. The highest BCUT2D eigenvalue weighted by Crippen LogP contribution is 2.19. The van der Waals surface area contributed by atoms with Crippen LogP contribution in [-0.2, 0) is 17.8 Å². The molecule has 1 aliphatic rings. The molecule has 150 valence electrons. The van der Waals surface area contributed by atoms with Crippen LogP contribution in [0.4, 0.5) is 5.69 Å². The van der Waals surface area contributed by atoms with E-state index in [0.717, 1.165) is 42.6 Å². The lowest BCUT2D eigenvalue weighted by molar-refractivity contribution is -0.130. The summed E-state index contributed by atoms with van der Waals surface area (Å²) in [5.41, 5.74) is 2.02. The summed E-state index contributed by atoms with van der Waals surface area (Å²) in [6.07, 6.45) is 0.336. The average Bonchev–Trinajstić information content (AvgIpc) is 3.21. The minimum Gasteiger partial charge on any atom is -0.486 e. The fraction of sp³-hybridized carbons (Fsp3) is 0.273. The van der Waals surface area contributed by atoms with Gasteiger partial charge >= 0.3 is 0 Å². The Morgan fingerprint density at radius 1 is 1.03 bits per heavy atom. The first-order chi connectivity index (χ1) is 14.2. The van der Waals surface area contributed by atoms with Crippen LogP contribution in [0.1, 0.15) is 10.7 Å². The Morgan fingerprint density at radius 2 is 1.76 bits per heavy atom. The molecule has 29 heavy (non-hydrogen) atoms. The van der Waals surface area contributed by atoms with E-state index in [-0.39, 0.29) is 5.91 Å². The van der Waals surface area contributed by atoms with Crippen LogP contribution in [-0.4, -0.2) is 42.0 Å². The molecule has 2 heterocycles. The van der Waals surface area contributed by atoms with Crippen molar-refractivity contribution in [2.24, 2.45) is 0 Å². The molecule has 0 aliphatic carbocycles. The zero-order valence-electron chi connectivity index (χ0n) is 16.0. The highest BCUT2D eigenvalue weighted by molar-refractivity contribution is 7.09. The Hall–Kier alpha value is -2.57. The molecular weight excluding hydrogens is 406 g/mol. The lowest BCUT2D eigenvalue weighted by atomic mass is 10.2.